The molecule has 0 spiro atoms. The van der Waals surface area contributed by atoms with Gasteiger partial charge in [0.25, 0.3) is 0 Å². The van der Waals surface area contributed by atoms with E-state index in [4.69, 9.17) is 9.47 Å². The molecule has 0 aliphatic carbocycles. The molecule has 0 radical (unpaired) electrons. The smallest absolute Gasteiger partial charge is 0.435 e. The van der Waals surface area contributed by atoms with Crippen LogP contribution in [-0.4, -0.2) is 42.1 Å². The summed E-state index contributed by atoms with van der Waals surface area (Å²) in [6.07, 6.45) is -0.737. The van der Waals surface area contributed by atoms with Crippen molar-refractivity contribution in [3.63, 3.8) is 0 Å². The number of carbonyl (C=O) groups excluding carboxylic acids is 2. The van der Waals surface area contributed by atoms with Crippen molar-refractivity contribution in [3.8, 4) is 0 Å². The summed E-state index contributed by atoms with van der Waals surface area (Å²) < 4.78 is 40.4. The lowest BCUT2D eigenvalue weighted by Crippen LogP contribution is -2.35. The number of alkyl halides is 2. The molecule has 0 fully saturated rings. The molecule has 1 heterocycles. The lowest BCUT2D eigenvalue weighted by atomic mass is 10.1. The van der Waals surface area contributed by atoms with Crippen molar-refractivity contribution >= 4 is 31.0 Å². The first-order valence-corrected chi connectivity index (χ1v) is 13.1. The zero-order valence-corrected chi connectivity index (χ0v) is 18.9. The maximum Gasteiger partial charge on any atom is 0.435 e. The van der Waals surface area contributed by atoms with E-state index >= 15 is 0 Å². The summed E-state index contributed by atoms with van der Waals surface area (Å²) in [6.45, 7) is 12.9. The second-order valence-electron chi connectivity index (χ2n) is 9.23. The maximum absolute atomic E-state index is 14.7. The highest BCUT2D eigenvalue weighted by Crippen LogP contribution is 2.33. The minimum absolute atomic E-state index is 0.154. The predicted octanol–water partition coefficient (Wildman–Crippen LogP) is 5.10. The van der Waals surface area contributed by atoms with Crippen LogP contribution in [0.25, 0.3) is 10.9 Å². The Morgan fingerprint density at radius 1 is 1.17 bits per heavy atom. The van der Waals surface area contributed by atoms with Crippen LogP contribution in [0.2, 0.25) is 25.7 Å². The highest BCUT2D eigenvalue weighted by molar-refractivity contribution is 6.76. The molecule has 0 bridgehead atoms. The monoisotopic (exact) mass is 426 g/mol. The molecular weight excluding hydrogens is 398 g/mol. The summed E-state index contributed by atoms with van der Waals surface area (Å²) in [4.78, 5) is 24.4. The lowest BCUT2D eigenvalue weighted by Gasteiger charge is -2.26. The Hall–Kier alpha value is -2.29. The molecule has 0 amide bonds. The minimum atomic E-state index is -3.87. The maximum atomic E-state index is 14.7. The number of ether oxygens (including phenoxy) is 2. The SMILES string of the molecule is Cc1nn(C(=O)OCC[Si-](C)(C)C)c2cc(C(F)(F)C(=O)OC(C)(C)C)ccc12. The second kappa shape index (κ2) is 7.85. The number of hydrogen-bond acceptors (Lipinski definition) is 5. The van der Waals surface area contributed by atoms with Gasteiger partial charge in [0.2, 0.25) is 0 Å². The van der Waals surface area contributed by atoms with Gasteiger partial charge in [-0.25, -0.2) is 9.59 Å². The Balaban J connectivity index is 2.36. The zero-order valence-electron chi connectivity index (χ0n) is 17.9. The number of aryl methyl sites for hydroxylation is 1. The highest BCUT2D eigenvalue weighted by atomic mass is 28.3. The van der Waals surface area contributed by atoms with Crippen molar-refractivity contribution < 1.29 is 27.8 Å². The van der Waals surface area contributed by atoms with Crippen molar-refractivity contribution in [3.05, 3.63) is 29.5 Å². The lowest BCUT2D eigenvalue weighted by molar-refractivity contribution is -0.185. The van der Waals surface area contributed by atoms with Crippen LogP contribution in [-0.2, 0) is 20.2 Å². The number of hydrogen-bond donors (Lipinski definition) is 0. The van der Waals surface area contributed by atoms with Gasteiger partial charge in [-0.05, 0) is 33.8 Å². The van der Waals surface area contributed by atoms with Gasteiger partial charge >= 0.3 is 18.0 Å². The first-order valence-electron chi connectivity index (χ1n) is 9.40. The quantitative estimate of drug-likeness (QED) is 0.491. The van der Waals surface area contributed by atoms with Gasteiger partial charge in [-0.1, -0.05) is 12.1 Å². The van der Waals surface area contributed by atoms with E-state index in [1.807, 2.05) is 0 Å². The van der Waals surface area contributed by atoms with E-state index in [2.05, 4.69) is 24.7 Å². The van der Waals surface area contributed by atoms with Gasteiger partial charge in [-0.2, -0.15) is 38.2 Å². The third-order valence-electron chi connectivity index (χ3n) is 4.13. The van der Waals surface area contributed by atoms with Gasteiger partial charge in [0.1, 0.15) is 5.60 Å². The standard InChI is InChI=1S/C20H28F2N2O4Si/c1-13-15-9-8-14(20(21,22)17(25)28-19(2,3)4)12-16(15)24(23-13)18(26)27-10-11-29(5,6)7/h8-9,12H,10-11H2,1-7H3/q-1. The molecule has 2 aromatic rings. The summed E-state index contributed by atoms with van der Waals surface area (Å²) in [5, 5.41) is 4.65. The second-order valence-corrected chi connectivity index (χ2v) is 14.9. The molecule has 0 atom stereocenters. The van der Waals surface area contributed by atoms with Crippen LogP contribution in [0, 0.1) is 6.92 Å². The third kappa shape index (κ3) is 5.62. The summed E-state index contributed by atoms with van der Waals surface area (Å²) in [7, 11) is -1.40. The van der Waals surface area contributed by atoms with Crippen molar-refractivity contribution in [2.75, 3.05) is 6.61 Å². The van der Waals surface area contributed by atoms with Crippen LogP contribution in [0.5, 0.6) is 0 Å². The largest absolute Gasteiger partial charge is 0.455 e. The molecule has 1 aromatic heterocycles. The molecule has 0 saturated carbocycles. The first-order chi connectivity index (χ1) is 13.1. The Morgan fingerprint density at radius 3 is 2.34 bits per heavy atom. The number of halogens is 2. The van der Waals surface area contributed by atoms with E-state index in [-0.39, 0.29) is 12.1 Å². The van der Waals surface area contributed by atoms with Crippen LogP contribution in [0.15, 0.2) is 18.2 Å². The predicted molar refractivity (Wildman–Crippen MR) is 109 cm³/mol. The van der Waals surface area contributed by atoms with Gasteiger partial charge < -0.3 is 9.47 Å². The Kier molecular flexibility index (Phi) is 6.22. The number of aromatic nitrogens is 2. The van der Waals surface area contributed by atoms with Crippen LogP contribution in [0.4, 0.5) is 13.6 Å². The van der Waals surface area contributed by atoms with E-state index in [0.29, 0.717) is 11.1 Å². The van der Waals surface area contributed by atoms with Crippen molar-refractivity contribution in [2.24, 2.45) is 0 Å². The number of carbonyl (C=O) groups is 2. The normalized spacial score (nSPS) is 12.9. The van der Waals surface area contributed by atoms with Gasteiger partial charge in [0.15, 0.2) is 0 Å². The topological polar surface area (TPSA) is 70.4 Å². The summed E-state index contributed by atoms with van der Waals surface area (Å²) >= 11 is 0. The molecule has 6 nitrogen and oxygen atoms in total. The molecule has 2 rings (SSSR count). The molecule has 1 aromatic carbocycles. The van der Waals surface area contributed by atoms with Gasteiger partial charge in [-0.15, -0.1) is 14.1 Å². The number of nitrogens with zero attached hydrogens (tertiary/aromatic N) is 2. The van der Waals surface area contributed by atoms with E-state index in [9.17, 15) is 18.4 Å². The molecule has 0 aliphatic heterocycles. The zero-order chi connectivity index (χ0) is 22.2. The van der Waals surface area contributed by atoms with Crippen LogP contribution >= 0.6 is 0 Å². The number of rotatable bonds is 5. The number of esters is 1. The average molecular weight is 427 g/mol. The minimum Gasteiger partial charge on any atom is -0.455 e. The van der Waals surface area contributed by atoms with E-state index in [1.165, 1.54) is 26.8 Å². The average Bonchev–Trinajstić information content (AvgIpc) is 2.88. The molecule has 0 unspecified atom stereocenters. The summed E-state index contributed by atoms with van der Waals surface area (Å²) in [5.41, 5.74) is -0.978. The van der Waals surface area contributed by atoms with Crippen molar-refractivity contribution in [2.45, 2.75) is 64.9 Å². The van der Waals surface area contributed by atoms with Gasteiger partial charge in [0, 0.05) is 10.9 Å². The van der Waals surface area contributed by atoms with E-state index < -0.39 is 37.2 Å². The molecular formula is C20H28F2N2O4Si-. The fourth-order valence-electron chi connectivity index (χ4n) is 2.57. The summed E-state index contributed by atoms with van der Waals surface area (Å²) in [6, 6.07) is 4.41. The van der Waals surface area contributed by atoms with Crippen molar-refractivity contribution in [1.29, 1.82) is 0 Å². The number of fused-ring (bicyclic) bond motifs is 1. The molecule has 0 N–H and O–H groups in total. The van der Waals surface area contributed by atoms with E-state index in [1.54, 1.807) is 6.92 Å². The molecule has 29 heavy (non-hydrogen) atoms. The Labute approximate surface area is 170 Å². The van der Waals surface area contributed by atoms with E-state index in [0.717, 1.165) is 22.9 Å². The number of benzene rings is 1. The van der Waals surface area contributed by atoms with Gasteiger partial charge in [-0.3, -0.25) is 0 Å². The molecule has 0 aliphatic rings. The van der Waals surface area contributed by atoms with Gasteiger partial charge in [0.05, 0.1) is 17.8 Å². The van der Waals surface area contributed by atoms with Crippen LogP contribution in [0.1, 0.15) is 32.0 Å². The Morgan fingerprint density at radius 2 is 1.79 bits per heavy atom. The summed E-state index contributed by atoms with van der Waals surface area (Å²) in [5.74, 6) is -5.52. The van der Waals surface area contributed by atoms with Crippen LogP contribution < -0.4 is 0 Å². The molecule has 0 saturated heterocycles. The third-order valence-corrected chi connectivity index (χ3v) is 5.84. The fraction of sp³-hybridized carbons (Fsp3) is 0.550. The fourth-order valence-corrected chi connectivity index (χ4v) is 3.29. The molecule has 9 heteroatoms. The van der Waals surface area contributed by atoms with Crippen molar-refractivity contribution in [1.82, 2.24) is 9.78 Å². The highest BCUT2D eigenvalue weighted by Gasteiger charge is 2.45. The Bertz CT molecular complexity index is 927. The molecule has 161 valence electrons. The first kappa shape index (κ1) is 23.0. The van der Waals surface area contributed by atoms with Crippen LogP contribution in [0.3, 0.4) is 0 Å².